The van der Waals surface area contributed by atoms with Crippen LogP contribution in [0.2, 0.25) is 10.0 Å². The molecule has 0 saturated carbocycles. The molecular weight excluding hydrogens is 389 g/mol. The van der Waals surface area contributed by atoms with Gasteiger partial charge in [-0.2, -0.15) is 13.2 Å². The molecule has 0 N–H and O–H groups in total. The highest BCUT2D eigenvalue weighted by Gasteiger charge is 2.33. The first-order valence-corrected chi connectivity index (χ1v) is 6.15. The van der Waals surface area contributed by atoms with E-state index in [9.17, 15) is 13.2 Å². The molecule has 0 aliphatic carbocycles. The normalized spacial score (nSPS) is 12.1. The number of rotatable bonds is 0. The van der Waals surface area contributed by atoms with Crippen molar-refractivity contribution in [3.8, 4) is 0 Å². The highest BCUT2D eigenvalue weighted by molar-refractivity contribution is 14.1. The average Bonchev–Trinajstić information content (AvgIpc) is 2.17. The lowest BCUT2D eigenvalue weighted by Crippen LogP contribution is -2.08. The third-order valence-electron chi connectivity index (χ3n) is 2.07. The van der Waals surface area contributed by atoms with Crippen LogP contribution in [0.15, 0.2) is 18.2 Å². The molecule has 1 heterocycles. The molecule has 17 heavy (non-hydrogen) atoms. The van der Waals surface area contributed by atoms with Crippen molar-refractivity contribution in [3.63, 3.8) is 0 Å². The Bertz CT molecular complexity index is 598. The van der Waals surface area contributed by atoms with Crippen molar-refractivity contribution >= 4 is 56.7 Å². The average molecular weight is 392 g/mol. The van der Waals surface area contributed by atoms with Gasteiger partial charge < -0.3 is 0 Å². The van der Waals surface area contributed by atoms with E-state index >= 15 is 0 Å². The van der Waals surface area contributed by atoms with Crippen molar-refractivity contribution in [2.24, 2.45) is 0 Å². The maximum atomic E-state index is 12.6. The molecule has 1 aromatic heterocycles. The summed E-state index contributed by atoms with van der Waals surface area (Å²) in [5, 5.41) is 0.810. The first-order chi connectivity index (χ1) is 7.79. The molecule has 0 amide bonds. The van der Waals surface area contributed by atoms with Crippen molar-refractivity contribution in [2.75, 3.05) is 0 Å². The Morgan fingerprint density at radius 2 is 1.76 bits per heavy atom. The third-order valence-corrected chi connectivity index (χ3v) is 3.42. The number of fused-ring (bicyclic) bond motifs is 1. The van der Waals surface area contributed by atoms with E-state index in [2.05, 4.69) is 4.98 Å². The van der Waals surface area contributed by atoms with Gasteiger partial charge in [-0.25, -0.2) is 4.98 Å². The summed E-state index contributed by atoms with van der Waals surface area (Å²) in [5.74, 6) is 0. The predicted molar refractivity (Wildman–Crippen MR) is 69.5 cm³/mol. The van der Waals surface area contributed by atoms with E-state index < -0.39 is 11.9 Å². The van der Waals surface area contributed by atoms with Gasteiger partial charge in [0, 0.05) is 14.0 Å². The predicted octanol–water partition coefficient (Wildman–Crippen LogP) is 5.17. The van der Waals surface area contributed by atoms with Gasteiger partial charge in [-0.05, 0) is 40.8 Å². The summed E-state index contributed by atoms with van der Waals surface area (Å²) in [6.07, 6.45) is -4.51. The van der Waals surface area contributed by atoms with Crippen molar-refractivity contribution in [1.29, 1.82) is 0 Å². The first-order valence-electron chi connectivity index (χ1n) is 4.31. The van der Waals surface area contributed by atoms with E-state index in [0.717, 1.165) is 6.07 Å². The standard InChI is InChI=1S/C10H3Cl2F3IN/c11-4-1-5-6(12)3-8(10(13,14)15)17-9(5)7(16)2-4/h1-3H. The molecular formula is C10H3Cl2F3IN. The fraction of sp³-hybridized carbons (Fsp3) is 0.100. The molecule has 1 aromatic carbocycles. The highest BCUT2D eigenvalue weighted by atomic mass is 127. The molecule has 1 nitrogen and oxygen atoms in total. The zero-order valence-electron chi connectivity index (χ0n) is 7.95. The molecule has 0 saturated heterocycles. The number of aromatic nitrogens is 1. The van der Waals surface area contributed by atoms with Gasteiger partial charge in [0.1, 0.15) is 5.69 Å². The minimum absolute atomic E-state index is 0.0114. The smallest absolute Gasteiger partial charge is 0.242 e. The summed E-state index contributed by atoms with van der Waals surface area (Å²) >= 11 is 13.5. The van der Waals surface area contributed by atoms with Gasteiger partial charge in [0.15, 0.2) is 0 Å². The lowest BCUT2D eigenvalue weighted by atomic mass is 10.2. The molecule has 0 aliphatic heterocycles. The second-order valence-corrected chi connectivity index (χ2v) is 5.28. The maximum absolute atomic E-state index is 12.6. The number of hydrogen-bond acceptors (Lipinski definition) is 1. The van der Waals surface area contributed by atoms with Crippen LogP contribution in [-0.4, -0.2) is 4.98 Å². The summed E-state index contributed by atoms with van der Waals surface area (Å²) < 4.78 is 38.2. The van der Waals surface area contributed by atoms with Gasteiger partial charge in [0.05, 0.1) is 10.5 Å². The van der Waals surface area contributed by atoms with Crippen molar-refractivity contribution in [2.45, 2.75) is 6.18 Å². The Kier molecular flexibility index (Phi) is 3.44. The van der Waals surface area contributed by atoms with Gasteiger partial charge >= 0.3 is 6.18 Å². The number of halogens is 6. The van der Waals surface area contributed by atoms with E-state index in [-0.39, 0.29) is 10.5 Å². The Morgan fingerprint density at radius 1 is 1.12 bits per heavy atom. The molecule has 0 bridgehead atoms. The first kappa shape index (κ1) is 13.2. The Morgan fingerprint density at radius 3 is 2.35 bits per heavy atom. The molecule has 2 aromatic rings. The Labute approximate surface area is 118 Å². The second-order valence-electron chi connectivity index (χ2n) is 3.27. The van der Waals surface area contributed by atoms with E-state index in [4.69, 9.17) is 23.2 Å². The SMILES string of the molecule is FC(F)(F)c1cc(Cl)c2cc(Cl)cc(I)c2n1. The van der Waals surface area contributed by atoms with E-state index in [0.29, 0.717) is 14.0 Å². The van der Waals surface area contributed by atoms with Crippen molar-refractivity contribution < 1.29 is 13.2 Å². The van der Waals surface area contributed by atoms with Crippen LogP contribution >= 0.6 is 45.8 Å². The van der Waals surface area contributed by atoms with Crippen LogP contribution in [0.25, 0.3) is 10.9 Å². The minimum Gasteiger partial charge on any atom is -0.242 e. The maximum Gasteiger partial charge on any atom is 0.433 e. The van der Waals surface area contributed by atoms with Crippen LogP contribution in [0.5, 0.6) is 0 Å². The number of pyridine rings is 1. The zero-order valence-corrected chi connectivity index (χ0v) is 11.6. The molecule has 0 fully saturated rings. The summed E-state index contributed by atoms with van der Waals surface area (Å²) in [6, 6.07) is 3.83. The summed E-state index contributed by atoms with van der Waals surface area (Å²) in [5.41, 5.74) is -0.801. The van der Waals surface area contributed by atoms with Gasteiger partial charge in [-0.1, -0.05) is 23.2 Å². The summed E-state index contributed by atoms with van der Waals surface area (Å²) in [4.78, 5) is 3.57. The monoisotopic (exact) mass is 391 g/mol. The molecule has 0 radical (unpaired) electrons. The fourth-order valence-corrected chi connectivity index (χ4v) is 2.75. The lowest BCUT2D eigenvalue weighted by molar-refractivity contribution is -0.140. The summed E-state index contributed by atoms with van der Waals surface area (Å²) in [7, 11) is 0. The van der Waals surface area contributed by atoms with Crippen molar-refractivity contribution in [1.82, 2.24) is 4.98 Å². The van der Waals surface area contributed by atoms with Crippen LogP contribution < -0.4 is 0 Å². The number of benzene rings is 1. The van der Waals surface area contributed by atoms with Crippen LogP contribution in [0.4, 0.5) is 13.2 Å². The van der Waals surface area contributed by atoms with Crippen LogP contribution in [0, 0.1) is 3.57 Å². The molecule has 7 heteroatoms. The molecule has 0 unspecified atom stereocenters. The van der Waals surface area contributed by atoms with Crippen LogP contribution in [0.1, 0.15) is 5.69 Å². The van der Waals surface area contributed by atoms with E-state index in [1.807, 2.05) is 22.6 Å². The second kappa shape index (κ2) is 4.44. The van der Waals surface area contributed by atoms with Crippen LogP contribution in [-0.2, 0) is 6.18 Å². The molecule has 2 rings (SSSR count). The third kappa shape index (κ3) is 2.61. The molecule has 0 aliphatic rings. The lowest BCUT2D eigenvalue weighted by Gasteiger charge is -2.09. The van der Waals surface area contributed by atoms with Crippen LogP contribution in [0.3, 0.4) is 0 Å². The van der Waals surface area contributed by atoms with Gasteiger partial charge in [-0.15, -0.1) is 0 Å². The Hall–Kier alpha value is -0.270. The minimum atomic E-state index is -4.51. The topological polar surface area (TPSA) is 12.9 Å². The number of alkyl halides is 3. The zero-order chi connectivity index (χ0) is 12.8. The molecule has 0 atom stereocenters. The van der Waals surface area contributed by atoms with E-state index in [1.54, 1.807) is 0 Å². The molecule has 90 valence electrons. The molecule has 0 spiro atoms. The van der Waals surface area contributed by atoms with Crippen molar-refractivity contribution in [3.05, 3.63) is 37.5 Å². The number of nitrogens with zero attached hydrogens (tertiary/aromatic N) is 1. The van der Waals surface area contributed by atoms with E-state index in [1.165, 1.54) is 12.1 Å². The highest BCUT2D eigenvalue weighted by Crippen LogP contribution is 2.35. The van der Waals surface area contributed by atoms with Gasteiger partial charge in [0.25, 0.3) is 0 Å². The van der Waals surface area contributed by atoms with Gasteiger partial charge in [-0.3, -0.25) is 0 Å². The van der Waals surface area contributed by atoms with Gasteiger partial charge in [0.2, 0.25) is 0 Å². The Balaban J connectivity index is 2.83. The summed E-state index contributed by atoms with van der Waals surface area (Å²) in [6.45, 7) is 0. The number of hydrogen-bond donors (Lipinski definition) is 0. The fourth-order valence-electron chi connectivity index (χ4n) is 1.36. The largest absolute Gasteiger partial charge is 0.433 e. The quantitative estimate of drug-likeness (QED) is 0.565.